The van der Waals surface area contributed by atoms with Gasteiger partial charge in [0.2, 0.25) is 5.95 Å². The summed E-state index contributed by atoms with van der Waals surface area (Å²) in [5, 5.41) is 14.5. The van der Waals surface area contributed by atoms with Gasteiger partial charge in [0.15, 0.2) is 5.82 Å². The standard InChI is InChI=1S/C24H23N5O/c1-3-7-19(8-4-1)15-16-25-24-28-23(17-26-29-24)27-21-11-13-22(14-12-21)30-18-20-9-5-2-6-10-20/h1-14,17H,15-16,18H2,(H2,25,27,28,29). The number of hydrogen-bond donors (Lipinski definition) is 2. The van der Waals surface area contributed by atoms with Crippen molar-refractivity contribution in [2.24, 2.45) is 0 Å². The fourth-order valence-electron chi connectivity index (χ4n) is 2.93. The van der Waals surface area contributed by atoms with Gasteiger partial charge >= 0.3 is 0 Å². The van der Waals surface area contributed by atoms with Crippen molar-refractivity contribution in [1.29, 1.82) is 0 Å². The van der Waals surface area contributed by atoms with Crippen LogP contribution in [-0.4, -0.2) is 21.7 Å². The molecule has 6 heteroatoms. The van der Waals surface area contributed by atoms with Crippen LogP contribution in [0.25, 0.3) is 0 Å². The highest BCUT2D eigenvalue weighted by atomic mass is 16.5. The summed E-state index contributed by atoms with van der Waals surface area (Å²) in [6.45, 7) is 1.28. The number of ether oxygens (including phenoxy) is 1. The van der Waals surface area contributed by atoms with Crippen LogP contribution in [-0.2, 0) is 13.0 Å². The van der Waals surface area contributed by atoms with Crippen molar-refractivity contribution in [1.82, 2.24) is 15.2 Å². The lowest BCUT2D eigenvalue weighted by molar-refractivity contribution is 0.306. The van der Waals surface area contributed by atoms with Crippen LogP contribution in [0.15, 0.2) is 91.1 Å². The Labute approximate surface area is 176 Å². The molecule has 0 aliphatic rings. The lowest BCUT2D eigenvalue weighted by atomic mass is 10.1. The maximum Gasteiger partial charge on any atom is 0.244 e. The van der Waals surface area contributed by atoms with Crippen molar-refractivity contribution in [3.8, 4) is 5.75 Å². The fourth-order valence-corrected chi connectivity index (χ4v) is 2.93. The molecule has 0 fully saturated rings. The SMILES string of the molecule is c1ccc(CCNc2nncc(Nc3ccc(OCc4ccccc4)cc3)n2)cc1. The van der Waals surface area contributed by atoms with E-state index in [1.807, 2.05) is 72.8 Å². The summed E-state index contributed by atoms with van der Waals surface area (Å²) in [5.74, 6) is 1.94. The Morgan fingerprint density at radius 2 is 1.47 bits per heavy atom. The van der Waals surface area contributed by atoms with Gasteiger partial charge in [0.05, 0.1) is 6.20 Å². The third kappa shape index (κ3) is 5.78. The molecule has 1 heterocycles. The van der Waals surface area contributed by atoms with Gasteiger partial charge < -0.3 is 15.4 Å². The average molecular weight is 397 g/mol. The average Bonchev–Trinajstić information content (AvgIpc) is 2.80. The molecule has 2 N–H and O–H groups in total. The zero-order valence-corrected chi connectivity index (χ0v) is 16.5. The second-order valence-electron chi connectivity index (χ2n) is 6.75. The van der Waals surface area contributed by atoms with Gasteiger partial charge in [-0.05, 0) is 41.8 Å². The molecule has 30 heavy (non-hydrogen) atoms. The quantitative estimate of drug-likeness (QED) is 0.421. The topological polar surface area (TPSA) is 72.0 Å². The Bertz CT molecular complexity index is 1040. The van der Waals surface area contributed by atoms with Crippen LogP contribution in [0.3, 0.4) is 0 Å². The van der Waals surface area contributed by atoms with E-state index in [2.05, 4.69) is 37.9 Å². The first kappa shape index (κ1) is 19.4. The van der Waals surface area contributed by atoms with E-state index < -0.39 is 0 Å². The third-order valence-corrected chi connectivity index (χ3v) is 4.47. The van der Waals surface area contributed by atoms with Crippen molar-refractivity contribution in [2.75, 3.05) is 17.2 Å². The molecule has 4 aromatic rings. The van der Waals surface area contributed by atoms with Crippen LogP contribution < -0.4 is 15.4 Å². The number of hydrogen-bond acceptors (Lipinski definition) is 6. The van der Waals surface area contributed by atoms with Crippen molar-refractivity contribution >= 4 is 17.5 Å². The Kier molecular flexibility index (Phi) is 6.48. The monoisotopic (exact) mass is 397 g/mol. The number of benzene rings is 3. The largest absolute Gasteiger partial charge is 0.489 e. The Hall–Kier alpha value is -3.93. The van der Waals surface area contributed by atoms with E-state index in [-0.39, 0.29) is 0 Å². The molecule has 0 amide bonds. The highest BCUT2D eigenvalue weighted by molar-refractivity contribution is 5.57. The normalized spacial score (nSPS) is 10.4. The first-order valence-corrected chi connectivity index (χ1v) is 9.86. The number of nitrogens with zero attached hydrogens (tertiary/aromatic N) is 3. The molecule has 0 saturated heterocycles. The van der Waals surface area contributed by atoms with Crippen LogP contribution in [0, 0.1) is 0 Å². The smallest absolute Gasteiger partial charge is 0.244 e. The van der Waals surface area contributed by atoms with E-state index in [0.29, 0.717) is 18.4 Å². The Balaban J connectivity index is 1.29. The summed E-state index contributed by atoms with van der Waals surface area (Å²) in [5.41, 5.74) is 3.30. The van der Waals surface area contributed by atoms with Gasteiger partial charge in [-0.2, -0.15) is 10.1 Å². The number of anilines is 3. The summed E-state index contributed by atoms with van der Waals surface area (Å²) in [4.78, 5) is 4.47. The molecule has 150 valence electrons. The van der Waals surface area contributed by atoms with Gasteiger partial charge in [-0.25, -0.2) is 0 Å². The van der Waals surface area contributed by atoms with Gasteiger partial charge in [-0.3, -0.25) is 0 Å². The van der Waals surface area contributed by atoms with E-state index in [4.69, 9.17) is 4.74 Å². The van der Waals surface area contributed by atoms with E-state index in [1.54, 1.807) is 6.20 Å². The first-order valence-electron chi connectivity index (χ1n) is 9.86. The van der Waals surface area contributed by atoms with Gasteiger partial charge in [-0.15, -0.1) is 5.10 Å². The summed E-state index contributed by atoms with van der Waals surface area (Å²) in [6.07, 6.45) is 2.49. The molecule has 0 aliphatic heterocycles. The second-order valence-corrected chi connectivity index (χ2v) is 6.75. The summed E-state index contributed by atoms with van der Waals surface area (Å²) in [7, 11) is 0. The van der Waals surface area contributed by atoms with E-state index in [9.17, 15) is 0 Å². The predicted octanol–water partition coefficient (Wildman–Crippen LogP) is 4.85. The second kappa shape index (κ2) is 10.0. The zero-order chi connectivity index (χ0) is 20.4. The highest BCUT2D eigenvalue weighted by Crippen LogP contribution is 2.20. The molecule has 0 saturated carbocycles. The molecule has 1 aromatic heterocycles. The highest BCUT2D eigenvalue weighted by Gasteiger charge is 2.02. The van der Waals surface area contributed by atoms with Gasteiger partial charge in [0.25, 0.3) is 0 Å². The van der Waals surface area contributed by atoms with Crippen LogP contribution in [0.1, 0.15) is 11.1 Å². The van der Waals surface area contributed by atoms with Crippen LogP contribution in [0.4, 0.5) is 17.5 Å². The van der Waals surface area contributed by atoms with Crippen molar-refractivity contribution < 1.29 is 4.74 Å². The molecule has 0 bridgehead atoms. The summed E-state index contributed by atoms with van der Waals surface area (Å²) < 4.78 is 5.82. The molecule has 4 rings (SSSR count). The zero-order valence-electron chi connectivity index (χ0n) is 16.5. The van der Waals surface area contributed by atoms with Gasteiger partial charge in [0.1, 0.15) is 12.4 Å². The molecule has 0 radical (unpaired) electrons. The molecular formula is C24H23N5O. The minimum Gasteiger partial charge on any atom is -0.489 e. The lowest BCUT2D eigenvalue weighted by Gasteiger charge is -2.09. The van der Waals surface area contributed by atoms with Crippen LogP contribution in [0.2, 0.25) is 0 Å². The van der Waals surface area contributed by atoms with E-state index >= 15 is 0 Å². The molecular weight excluding hydrogens is 374 g/mol. The molecule has 3 aromatic carbocycles. The summed E-state index contributed by atoms with van der Waals surface area (Å²) in [6, 6.07) is 28.2. The maximum atomic E-state index is 5.82. The molecule has 6 nitrogen and oxygen atoms in total. The molecule has 0 spiro atoms. The lowest BCUT2D eigenvalue weighted by Crippen LogP contribution is -2.09. The van der Waals surface area contributed by atoms with Crippen LogP contribution in [0.5, 0.6) is 5.75 Å². The van der Waals surface area contributed by atoms with Gasteiger partial charge in [0, 0.05) is 12.2 Å². The molecule has 0 unspecified atom stereocenters. The summed E-state index contributed by atoms with van der Waals surface area (Å²) >= 11 is 0. The Morgan fingerprint density at radius 1 is 0.767 bits per heavy atom. The van der Waals surface area contributed by atoms with Crippen molar-refractivity contribution in [3.63, 3.8) is 0 Å². The Morgan fingerprint density at radius 3 is 2.20 bits per heavy atom. The van der Waals surface area contributed by atoms with Crippen molar-refractivity contribution in [2.45, 2.75) is 13.0 Å². The third-order valence-electron chi connectivity index (χ3n) is 4.47. The minimum atomic E-state index is 0.499. The number of aromatic nitrogens is 3. The van der Waals surface area contributed by atoms with Gasteiger partial charge in [-0.1, -0.05) is 60.7 Å². The molecule has 0 atom stereocenters. The van der Waals surface area contributed by atoms with Crippen molar-refractivity contribution in [3.05, 3.63) is 102 Å². The van der Waals surface area contributed by atoms with E-state index in [0.717, 1.165) is 30.0 Å². The predicted molar refractivity (Wildman–Crippen MR) is 119 cm³/mol. The van der Waals surface area contributed by atoms with E-state index in [1.165, 1.54) is 5.56 Å². The first-order chi connectivity index (χ1) is 14.8. The number of rotatable bonds is 9. The number of nitrogens with one attached hydrogen (secondary N) is 2. The fraction of sp³-hybridized carbons (Fsp3) is 0.125. The minimum absolute atomic E-state index is 0.499. The van der Waals surface area contributed by atoms with Crippen LogP contribution >= 0.6 is 0 Å². The molecule has 0 aliphatic carbocycles. The maximum absolute atomic E-state index is 5.82.